The number of carbonyl (C=O) groups excluding carboxylic acids is 1. The van der Waals surface area contributed by atoms with Crippen molar-refractivity contribution in [3.63, 3.8) is 0 Å². The Bertz CT molecular complexity index is 513. The maximum Gasteiger partial charge on any atom is 0.311 e. The molecule has 0 spiro atoms. The molecule has 0 aromatic carbocycles. The van der Waals surface area contributed by atoms with Crippen LogP contribution in [0.15, 0.2) is 24.7 Å². The van der Waals surface area contributed by atoms with Crippen molar-refractivity contribution in [2.75, 3.05) is 6.61 Å². The van der Waals surface area contributed by atoms with Gasteiger partial charge in [0.15, 0.2) is 0 Å². The molecular weight excluding hydrogens is 206 g/mol. The summed E-state index contributed by atoms with van der Waals surface area (Å²) >= 11 is 0. The summed E-state index contributed by atoms with van der Waals surface area (Å²) in [5.74, 6) is -0.279. The molecule has 0 saturated heterocycles. The van der Waals surface area contributed by atoms with E-state index in [9.17, 15) is 4.79 Å². The Hall–Kier alpha value is -2.04. The first kappa shape index (κ1) is 10.5. The number of esters is 1. The fourth-order valence-corrected chi connectivity index (χ4v) is 1.37. The zero-order valence-electron chi connectivity index (χ0n) is 8.88. The van der Waals surface area contributed by atoms with Gasteiger partial charge in [-0.25, -0.2) is 0 Å². The van der Waals surface area contributed by atoms with Gasteiger partial charge in [-0.2, -0.15) is 0 Å². The molecule has 82 valence electrons. The van der Waals surface area contributed by atoms with Crippen molar-refractivity contribution < 1.29 is 9.53 Å². The van der Waals surface area contributed by atoms with E-state index in [0.29, 0.717) is 12.3 Å². The van der Waals surface area contributed by atoms with Gasteiger partial charge in [-0.1, -0.05) is 0 Å². The van der Waals surface area contributed by atoms with Crippen molar-refractivity contribution in [1.29, 1.82) is 0 Å². The number of rotatable bonds is 3. The van der Waals surface area contributed by atoms with Gasteiger partial charge in [0.25, 0.3) is 0 Å². The predicted molar refractivity (Wildman–Crippen MR) is 57.7 cm³/mol. The molecule has 0 atom stereocenters. The van der Waals surface area contributed by atoms with Crippen LogP contribution in [0.25, 0.3) is 11.0 Å². The Labute approximate surface area is 92.5 Å². The molecule has 5 nitrogen and oxygen atoms in total. The molecule has 2 aromatic rings. The Morgan fingerprint density at radius 1 is 1.25 bits per heavy atom. The van der Waals surface area contributed by atoms with E-state index < -0.39 is 0 Å². The molecule has 0 aliphatic carbocycles. The van der Waals surface area contributed by atoms with Crippen molar-refractivity contribution >= 4 is 17.0 Å². The summed E-state index contributed by atoms with van der Waals surface area (Å²) in [6.07, 6.45) is 4.99. The fourth-order valence-electron chi connectivity index (χ4n) is 1.37. The molecule has 0 bridgehead atoms. The molecule has 0 saturated carbocycles. The number of carbonyl (C=O) groups is 1. The monoisotopic (exact) mass is 217 g/mol. The van der Waals surface area contributed by atoms with Crippen molar-refractivity contribution in [2.45, 2.75) is 13.3 Å². The third-order valence-corrected chi connectivity index (χ3v) is 2.04. The van der Waals surface area contributed by atoms with Crippen molar-refractivity contribution in [1.82, 2.24) is 15.0 Å². The largest absolute Gasteiger partial charge is 0.466 e. The molecule has 2 aromatic heterocycles. The van der Waals surface area contributed by atoms with Gasteiger partial charge in [-0.3, -0.25) is 19.7 Å². The van der Waals surface area contributed by atoms with Crippen molar-refractivity contribution in [3.8, 4) is 0 Å². The Kier molecular flexibility index (Phi) is 3.05. The summed E-state index contributed by atoms with van der Waals surface area (Å²) in [5, 5.41) is 0. The molecule has 0 unspecified atom stereocenters. The number of aromatic nitrogens is 3. The minimum absolute atomic E-state index is 0.167. The first-order chi connectivity index (χ1) is 7.79. The van der Waals surface area contributed by atoms with Gasteiger partial charge in [0.2, 0.25) is 0 Å². The molecule has 0 N–H and O–H groups in total. The van der Waals surface area contributed by atoms with Crippen LogP contribution in [0.4, 0.5) is 0 Å². The molecule has 16 heavy (non-hydrogen) atoms. The van der Waals surface area contributed by atoms with Gasteiger partial charge >= 0.3 is 5.97 Å². The van der Waals surface area contributed by atoms with Crippen LogP contribution in [0.3, 0.4) is 0 Å². The van der Waals surface area contributed by atoms with Crippen LogP contribution in [0.5, 0.6) is 0 Å². The lowest BCUT2D eigenvalue weighted by atomic mass is 10.2. The first-order valence-electron chi connectivity index (χ1n) is 5.01. The molecule has 0 fully saturated rings. The summed E-state index contributed by atoms with van der Waals surface area (Å²) < 4.78 is 4.84. The molecule has 0 amide bonds. The number of hydrogen-bond donors (Lipinski definition) is 0. The summed E-state index contributed by atoms with van der Waals surface area (Å²) in [4.78, 5) is 23.6. The number of pyridine rings is 1. The zero-order chi connectivity index (χ0) is 11.4. The number of nitrogens with zero attached hydrogens (tertiary/aromatic N) is 3. The smallest absolute Gasteiger partial charge is 0.311 e. The SMILES string of the molecule is CCOC(=O)Cc1cc2nccnc2cn1. The quantitative estimate of drug-likeness (QED) is 0.721. The van der Waals surface area contributed by atoms with Gasteiger partial charge in [0.05, 0.1) is 30.4 Å². The topological polar surface area (TPSA) is 65.0 Å². The standard InChI is InChI=1S/C11H11N3O2/c1-2-16-11(15)6-8-5-9-10(7-14-8)13-4-3-12-9/h3-5,7H,2,6H2,1H3. The van der Waals surface area contributed by atoms with Crippen LogP contribution >= 0.6 is 0 Å². The van der Waals surface area contributed by atoms with Crippen LogP contribution in [-0.4, -0.2) is 27.5 Å². The van der Waals surface area contributed by atoms with Gasteiger partial charge in [0, 0.05) is 12.4 Å². The van der Waals surface area contributed by atoms with Crippen LogP contribution in [0.1, 0.15) is 12.6 Å². The first-order valence-corrected chi connectivity index (χ1v) is 5.01. The second kappa shape index (κ2) is 4.65. The minimum atomic E-state index is -0.279. The van der Waals surface area contributed by atoms with Crippen LogP contribution < -0.4 is 0 Å². The van der Waals surface area contributed by atoms with E-state index in [1.807, 2.05) is 0 Å². The normalized spacial score (nSPS) is 10.3. The highest BCUT2D eigenvalue weighted by atomic mass is 16.5. The molecule has 0 aliphatic heterocycles. The van der Waals surface area contributed by atoms with E-state index in [4.69, 9.17) is 4.74 Å². The molecule has 0 aliphatic rings. The fraction of sp³-hybridized carbons (Fsp3) is 0.273. The van der Waals surface area contributed by atoms with Gasteiger partial charge in [-0.05, 0) is 13.0 Å². The van der Waals surface area contributed by atoms with Gasteiger partial charge < -0.3 is 4.74 Å². The second-order valence-electron chi connectivity index (χ2n) is 3.20. The lowest BCUT2D eigenvalue weighted by Gasteiger charge is -2.02. The Morgan fingerprint density at radius 3 is 2.75 bits per heavy atom. The zero-order valence-corrected chi connectivity index (χ0v) is 8.88. The molecule has 0 radical (unpaired) electrons. The highest BCUT2D eigenvalue weighted by Crippen LogP contribution is 2.08. The predicted octanol–water partition coefficient (Wildman–Crippen LogP) is 1.13. The maximum absolute atomic E-state index is 11.3. The lowest BCUT2D eigenvalue weighted by molar-refractivity contribution is -0.142. The maximum atomic E-state index is 11.3. The van der Waals surface area contributed by atoms with E-state index in [1.165, 1.54) is 0 Å². The highest BCUT2D eigenvalue weighted by Gasteiger charge is 2.06. The Balaban J connectivity index is 2.22. The summed E-state index contributed by atoms with van der Waals surface area (Å²) in [7, 11) is 0. The Morgan fingerprint density at radius 2 is 2.00 bits per heavy atom. The summed E-state index contributed by atoms with van der Waals surface area (Å²) in [5.41, 5.74) is 2.10. The number of hydrogen-bond acceptors (Lipinski definition) is 5. The number of ether oxygens (including phenoxy) is 1. The van der Waals surface area contributed by atoms with E-state index in [1.54, 1.807) is 31.6 Å². The third-order valence-electron chi connectivity index (χ3n) is 2.04. The lowest BCUT2D eigenvalue weighted by Crippen LogP contribution is -2.08. The number of fused-ring (bicyclic) bond motifs is 1. The van der Waals surface area contributed by atoms with Crippen LogP contribution in [-0.2, 0) is 16.0 Å². The second-order valence-corrected chi connectivity index (χ2v) is 3.20. The average Bonchev–Trinajstić information content (AvgIpc) is 2.29. The average molecular weight is 217 g/mol. The molecule has 5 heteroatoms. The molecular formula is C11H11N3O2. The van der Waals surface area contributed by atoms with E-state index in [2.05, 4.69) is 15.0 Å². The third kappa shape index (κ3) is 2.31. The molecule has 2 heterocycles. The summed E-state index contributed by atoms with van der Waals surface area (Å²) in [6, 6.07) is 1.75. The summed E-state index contributed by atoms with van der Waals surface area (Å²) in [6.45, 7) is 2.16. The van der Waals surface area contributed by atoms with Crippen LogP contribution in [0, 0.1) is 0 Å². The van der Waals surface area contributed by atoms with Crippen molar-refractivity contribution in [3.05, 3.63) is 30.4 Å². The highest BCUT2D eigenvalue weighted by molar-refractivity contribution is 5.76. The van der Waals surface area contributed by atoms with Gasteiger partial charge in [0.1, 0.15) is 5.52 Å². The van der Waals surface area contributed by atoms with Crippen LogP contribution in [0.2, 0.25) is 0 Å². The van der Waals surface area contributed by atoms with E-state index in [0.717, 1.165) is 11.0 Å². The molecule has 2 rings (SSSR count). The minimum Gasteiger partial charge on any atom is -0.466 e. The van der Waals surface area contributed by atoms with E-state index >= 15 is 0 Å². The van der Waals surface area contributed by atoms with Gasteiger partial charge in [-0.15, -0.1) is 0 Å². The van der Waals surface area contributed by atoms with Crippen molar-refractivity contribution in [2.24, 2.45) is 0 Å². The van der Waals surface area contributed by atoms with E-state index in [-0.39, 0.29) is 12.4 Å².